The number of benzene rings is 2. The molecule has 0 bridgehead atoms. The molecule has 5 nitrogen and oxygen atoms in total. The normalized spacial score (nSPS) is 14.7. The minimum absolute atomic E-state index is 0.159. The number of rotatable bonds is 6. The Morgan fingerprint density at radius 2 is 1.93 bits per heavy atom. The van der Waals surface area contributed by atoms with Gasteiger partial charge in [-0.3, -0.25) is 4.79 Å². The van der Waals surface area contributed by atoms with Gasteiger partial charge in [-0.15, -0.1) is 0 Å². The number of carbonyl (C=O) groups excluding carboxylic acids is 1. The second kappa shape index (κ2) is 9.24. The maximum absolute atomic E-state index is 12.6. The largest absolute Gasteiger partial charge is 0.495 e. The molecule has 0 atom stereocenters. The van der Waals surface area contributed by atoms with Gasteiger partial charge in [-0.05, 0) is 35.8 Å². The van der Waals surface area contributed by atoms with Crippen molar-refractivity contribution in [3.8, 4) is 5.75 Å². The minimum Gasteiger partial charge on any atom is -0.495 e. The van der Waals surface area contributed by atoms with E-state index in [2.05, 4.69) is 10.2 Å². The number of hydrogen-bond donors (Lipinski definition) is 1. The fraction of sp³-hybridized carbons (Fsp3) is 0.318. The van der Waals surface area contributed by atoms with Gasteiger partial charge in [-0.2, -0.15) is 0 Å². The van der Waals surface area contributed by atoms with Gasteiger partial charge in [0.05, 0.1) is 26.0 Å². The molecule has 1 fully saturated rings. The maximum atomic E-state index is 12.6. The van der Waals surface area contributed by atoms with Crippen LogP contribution < -0.4 is 15.0 Å². The third-order valence-electron chi connectivity index (χ3n) is 4.65. The van der Waals surface area contributed by atoms with Crippen LogP contribution in [0.1, 0.15) is 18.9 Å². The lowest BCUT2D eigenvalue weighted by Gasteiger charge is -2.29. The number of morpholine rings is 1. The van der Waals surface area contributed by atoms with Crippen LogP contribution in [-0.2, 0) is 9.53 Å². The lowest BCUT2D eigenvalue weighted by atomic mass is 10.0. The van der Waals surface area contributed by atoms with E-state index in [9.17, 15) is 4.79 Å². The van der Waals surface area contributed by atoms with Gasteiger partial charge in [0.15, 0.2) is 0 Å². The van der Waals surface area contributed by atoms with Crippen molar-refractivity contribution < 1.29 is 14.3 Å². The molecule has 1 saturated heterocycles. The predicted octanol–water partition coefficient (Wildman–Crippen LogP) is 3.96. The topological polar surface area (TPSA) is 50.8 Å². The summed E-state index contributed by atoms with van der Waals surface area (Å²) in [6.07, 6.45) is 2.44. The molecule has 1 N–H and O–H groups in total. The monoisotopic (exact) mass is 366 g/mol. The number of anilines is 2. The number of nitrogens with one attached hydrogen (secondary N) is 1. The van der Waals surface area contributed by atoms with Crippen LogP contribution in [0.5, 0.6) is 5.75 Å². The highest BCUT2D eigenvalue weighted by molar-refractivity contribution is 6.05. The predicted molar refractivity (Wildman–Crippen MR) is 109 cm³/mol. The van der Waals surface area contributed by atoms with Crippen molar-refractivity contribution in [3.05, 3.63) is 60.2 Å². The highest BCUT2D eigenvalue weighted by atomic mass is 16.5. The Morgan fingerprint density at radius 3 is 2.59 bits per heavy atom. The van der Waals surface area contributed by atoms with E-state index in [-0.39, 0.29) is 5.91 Å². The Morgan fingerprint density at radius 1 is 1.19 bits per heavy atom. The Kier molecular flexibility index (Phi) is 6.49. The van der Waals surface area contributed by atoms with Crippen LogP contribution >= 0.6 is 0 Å². The van der Waals surface area contributed by atoms with Crippen molar-refractivity contribution in [2.75, 3.05) is 43.6 Å². The molecule has 0 aliphatic carbocycles. The first-order valence-corrected chi connectivity index (χ1v) is 9.29. The van der Waals surface area contributed by atoms with E-state index >= 15 is 0 Å². The quantitative estimate of drug-likeness (QED) is 0.786. The molecule has 1 heterocycles. The molecule has 1 aliphatic heterocycles. The van der Waals surface area contributed by atoms with E-state index in [4.69, 9.17) is 9.47 Å². The van der Waals surface area contributed by atoms with E-state index in [0.29, 0.717) is 24.7 Å². The zero-order chi connectivity index (χ0) is 19.1. The lowest BCUT2D eigenvalue weighted by molar-refractivity contribution is -0.111. The summed E-state index contributed by atoms with van der Waals surface area (Å²) < 4.78 is 10.8. The number of carbonyl (C=O) groups is 1. The number of hydrogen-bond acceptors (Lipinski definition) is 4. The molecule has 0 saturated carbocycles. The number of methoxy groups -OCH3 is 1. The standard InChI is InChI=1S/C22H26N2O3/c1-3-17(18-7-5-4-6-8-18)15-22(25)23-20-16-19(9-10-21(20)26-2)24-11-13-27-14-12-24/h4-10,15-16H,3,11-14H2,1-2H3,(H,23,25)/b17-15+. The summed E-state index contributed by atoms with van der Waals surface area (Å²) >= 11 is 0. The molecule has 0 radical (unpaired) electrons. The maximum Gasteiger partial charge on any atom is 0.248 e. The molecule has 3 rings (SSSR count). The minimum atomic E-state index is -0.159. The number of allylic oxidation sites excluding steroid dienone is 1. The van der Waals surface area contributed by atoms with E-state index in [0.717, 1.165) is 36.3 Å². The van der Waals surface area contributed by atoms with Crippen molar-refractivity contribution in [1.29, 1.82) is 0 Å². The van der Waals surface area contributed by atoms with Crippen LogP contribution in [0.4, 0.5) is 11.4 Å². The molecule has 0 unspecified atom stereocenters. The Labute approximate surface area is 160 Å². The number of ether oxygens (including phenoxy) is 2. The van der Waals surface area contributed by atoms with Crippen LogP contribution in [0.25, 0.3) is 5.57 Å². The zero-order valence-electron chi connectivity index (χ0n) is 15.9. The fourth-order valence-corrected chi connectivity index (χ4v) is 3.18. The lowest BCUT2D eigenvalue weighted by Crippen LogP contribution is -2.36. The molecule has 27 heavy (non-hydrogen) atoms. The molecule has 2 aromatic rings. The van der Waals surface area contributed by atoms with Crippen molar-refractivity contribution in [3.63, 3.8) is 0 Å². The van der Waals surface area contributed by atoms with Crippen molar-refractivity contribution >= 4 is 22.9 Å². The first-order chi connectivity index (χ1) is 13.2. The van der Waals surface area contributed by atoms with E-state index in [1.54, 1.807) is 13.2 Å². The summed E-state index contributed by atoms with van der Waals surface area (Å²) in [5.41, 5.74) is 3.78. The SMILES string of the molecule is CC/C(=C\C(=O)Nc1cc(N2CCOCC2)ccc1OC)c1ccccc1. The van der Waals surface area contributed by atoms with E-state index in [1.807, 2.05) is 55.5 Å². The van der Waals surface area contributed by atoms with E-state index < -0.39 is 0 Å². The summed E-state index contributed by atoms with van der Waals surface area (Å²) in [6, 6.07) is 15.8. The third-order valence-corrected chi connectivity index (χ3v) is 4.65. The summed E-state index contributed by atoms with van der Waals surface area (Å²) in [6.45, 7) is 5.16. The molecule has 5 heteroatoms. The van der Waals surface area contributed by atoms with Gasteiger partial charge < -0.3 is 19.7 Å². The third kappa shape index (κ3) is 4.89. The van der Waals surface area contributed by atoms with Crippen molar-refractivity contribution in [1.82, 2.24) is 0 Å². The molecule has 0 aromatic heterocycles. The molecule has 1 aliphatic rings. The van der Waals surface area contributed by atoms with Crippen molar-refractivity contribution in [2.24, 2.45) is 0 Å². The molecular weight excluding hydrogens is 340 g/mol. The Bertz CT molecular complexity index is 796. The van der Waals surface area contributed by atoms with Crippen LogP contribution in [-0.4, -0.2) is 39.3 Å². The molecular formula is C22H26N2O3. The van der Waals surface area contributed by atoms with Crippen LogP contribution in [0.3, 0.4) is 0 Å². The average Bonchev–Trinajstić information content (AvgIpc) is 2.73. The average molecular weight is 366 g/mol. The second-order valence-electron chi connectivity index (χ2n) is 6.36. The van der Waals surface area contributed by atoms with Gasteiger partial charge in [0.2, 0.25) is 5.91 Å². The van der Waals surface area contributed by atoms with Gasteiger partial charge in [-0.25, -0.2) is 0 Å². The van der Waals surface area contributed by atoms with Crippen LogP contribution in [0.2, 0.25) is 0 Å². The van der Waals surface area contributed by atoms with Gasteiger partial charge in [-0.1, -0.05) is 37.3 Å². The second-order valence-corrected chi connectivity index (χ2v) is 6.36. The summed E-state index contributed by atoms with van der Waals surface area (Å²) in [5.74, 6) is 0.486. The smallest absolute Gasteiger partial charge is 0.248 e. The number of amides is 1. The summed E-state index contributed by atoms with van der Waals surface area (Å²) in [7, 11) is 1.61. The van der Waals surface area contributed by atoms with Crippen LogP contribution in [0.15, 0.2) is 54.6 Å². The van der Waals surface area contributed by atoms with Crippen LogP contribution in [0, 0.1) is 0 Å². The van der Waals surface area contributed by atoms with Gasteiger partial charge in [0, 0.05) is 24.9 Å². The number of nitrogens with zero attached hydrogens (tertiary/aromatic N) is 1. The zero-order valence-corrected chi connectivity index (χ0v) is 15.9. The summed E-state index contributed by atoms with van der Waals surface area (Å²) in [4.78, 5) is 14.9. The molecule has 1 amide bonds. The fourth-order valence-electron chi connectivity index (χ4n) is 3.18. The first-order valence-electron chi connectivity index (χ1n) is 9.29. The van der Waals surface area contributed by atoms with Crippen molar-refractivity contribution in [2.45, 2.75) is 13.3 Å². The van der Waals surface area contributed by atoms with Gasteiger partial charge in [0.25, 0.3) is 0 Å². The Balaban J connectivity index is 1.80. The first kappa shape index (κ1) is 19.0. The highest BCUT2D eigenvalue weighted by Gasteiger charge is 2.14. The molecule has 0 spiro atoms. The Hall–Kier alpha value is -2.79. The highest BCUT2D eigenvalue weighted by Crippen LogP contribution is 2.30. The molecule has 2 aromatic carbocycles. The van der Waals surface area contributed by atoms with E-state index in [1.165, 1.54) is 0 Å². The van der Waals surface area contributed by atoms with Gasteiger partial charge >= 0.3 is 0 Å². The molecule has 142 valence electrons. The summed E-state index contributed by atoms with van der Waals surface area (Å²) in [5, 5.41) is 2.98. The van der Waals surface area contributed by atoms with Gasteiger partial charge in [0.1, 0.15) is 5.75 Å².